The predicted octanol–water partition coefficient (Wildman–Crippen LogP) is 1.29. The van der Waals surface area contributed by atoms with E-state index in [0.717, 1.165) is 18.5 Å². The van der Waals surface area contributed by atoms with Gasteiger partial charge in [0.1, 0.15) is 0 Å². The molecule has 1 aliphatic rings. The zero-order valence-corrected chi connectivity index (χ0v) is 18.2. The molecule has 3 rings (SSSR count). The summed E-state index contributed by atoms with van der Waals surface area (Å²) in [4.78, 5) is 17.3. The van der Waals surface area contributed by atoms with Gasteiger partial charge in [0.05, 0.1) is 10.9 Å². The Hall–Kier alpha value is -2.30. The van der Waals surface area contributed by atoms with Crippen LogP contribution in [0.4, 0.5) is 11.9 Å². The van der Waals surface area contributed by atoms with E-state index < -0.39 is 10.0 Å². The van der Waals surface area contributed by atoms with Gasteiger partial charge in [0, 0.05) is 40.3 Å². The minimum absolute atomic E-state index is 0.0963. The molecule has 0 bridgehead atoms. The summed E-state index contributed by atoms with van der Waals surface area (Å²) in [6.07, 6.45) is 0.733. The Morgan fingerprint density at radius 1 is 1.03 bits per heavy atom. The fourth-order valence-electron chi connectivity index (χ4n) is 3.35. The smallest absolute Gasteiger partial charge is 0.243 e. The first kappa shape index (κ1) is 21.4. The quantitative estimate of drug-likeness (QED) is 0.772. The minimum Gasteiger partial charge on any atom is -0.368 e. The summed E-state index contributed by atoms with van der Waals surface area (Å²) in [7, 11) is 0.199. The molecule has 1 aromatic heterocycles. The number of nitrogen functional groups attached to an aromatic ring is 1. The average Bonchev–Trinajstić information content (AvgIpc) is 2.94. The molecule has 1 atom stereocenters. The van der Waals surface area contributed by atoms with Gasteiger partial charge in [-0.3, -0.25) is 4.90 Å². The van der Waals surface area contributed by atoms with E-state index in [1.165, 1.54) is 0 Å². The van der Waals surface area contributed by atoms with E-state index in [4.69, 9.17) is 5.73 Å². The third-order valence-electron chi connectivity index (χ3n) is 5.13. The Bertz CT molecular complexity index is 948. The Morgan fingerprint density at radius 3 is 2.38 bits per heavy atom. The minimum atomic E-state index is -3.50. The number of hydrogen-bond acceptors (Lipinski definition) is 8. The molecule has 0 aliphatic carbocycles. The first-order valence-electron chi connectivity index (χ1n) is 9.68. The van der Waals surface area contributed by atoms with Crippen LogP contribution in [-0.4, -0.2) is 72.8 Å². The number of nitrogens with zero attached hydrogens (tertiary/aromatic N) is 6. The number of sulfonamides is 1. The van der Waals surface area contributed by atoms with Crippen LogP contribution in [0.25, 0.3) is 0 Å². The zero-order valence-electron chi connectivity index (χ0n) is 17.4. The molecule has 2 heterocycles. The van der Waals surface area contributed by atoms with Crippen LogP contribution in [0.2, 0.25) is 0 Å². The lowest BCUT2D eigenvalue weighted by Crippen LogP contribution is -2.36. The first-order chi connectivity index (χ1) is 13.7. The summed E-state index contributed by atoms with van der Waals surface area (Å²) in [5.41, 5.74) is 6.89. The number of nitrogens with two attached hydrogens (primary N) is 1. The Labute approximate surface area is 172 Å². The van der Waals surface area contributed by atoms with E-state index in [1.54, 1.807) is 21.3 Å². The summed E-state index contributed by atoms with van der Waals surface area (Å²) in [5.74, 6) is 1.29. The topological polar surface area (TPSA) is 109 Å². The van der Waals surface area contributed by atoms with Crippen molar-refractivity contribution in [1.82, 2.24) is 24.2 Å². The van der Waals surface area contributed by atoms with E-state index in [0.29, 0.717) is 36.3 Å². The van der Waals surface area contributed by atoms with Crippen molar-refractivity contribution in [2.24, 2.45) is 0 Å². The Balaban J connectivity index is 1.75. The standard InChI is InChI=1S/C19H29N7O2S/c1-14-6-8-16(9-7-14)29(27,28)26-11-5-10-25(12-13-26)15(2)17-21-18(20)23-19(22-17)24(3)4/h6-9,15H,5,10-13H2,1-4H3,(H2,20,21,22,23). The largest absolute Gasteiger partial charge is 0.368 e. The maximum absolute atomic E-state index is 13.0. The molecule has 0 saturated carbocycles. The molecule has 2 N–H and O–H groups in total. The maximum atomic E-state index is 13.0. The van der Waals surface area contributed by atoms with E-state index in [1.807, 2.05) is 40.1 Å². The normalized spacial score (nSPS) is 17.7. The van der Waals surface area contributed by atoms with Crippen molar-refractivity contribution >= 4 is 21.9 Å². The second-order valence-electron chi connectivity index (χ2n) is 7.53. The number of hydrogen-bond donors (Lipinski definition) is 1. The van der Waals surface area contributed by atoms with Crippen LogP contribution in [0.15, 0.2) is 29.2 Å². The summed E-state index contributed by atoms with van der Waals surface area (Å²) < 4.78 is 27.6. The summed E-state index contributed by atoms with van der Waals surface area (Å²) in [6.45, 7) is 6.21. The van der Waals surface area contributed by atoms with Gasteiger partial charge in [0.2, 0.25) is 21.9 Å². The van der Waals surface area contributed by atoms with Gasteiger partial charge in [0.15, 0.2) is 5.82 Å². The van der Waals surface area contributed by atoms with Gasteiger partial charge >= 0.3 is 0 Å². The number of aromatic nitrogens is 3. The predicted molar refractivity (Wildman–Crippen MR) is 113 cm³/mol. The van der Waals surface area contributed by atoms with Crippen LogP contribution in [-0.2, 0) is 10.0 Å². The number of benzene rings is 1. The van der Waals surface area contributed by atoms with Crippen molar-refractivity contribution < 1.29 is 8.42 Å². The van der Waals surface area contributed by atoms with Gasteiger partial charge in [-0.1, -0.05) is 17.7 Å². The van der Waals surface area contributed by atoms with Crippen molar-refractivity contribution in [3.63, 3.8) is 0 Å². The molecule has 0 radical (unpaired) electrons. The molecule has 1 unspecified atom stereocenters. The van der Waals surface area contributed by atoms with Crippen molar-refractivity contribution in [2.75, 3.05) is 50.9 Å². The highest BCUT2D eigenvalue weighted by atomic mass is 32.2. The number of aryl methyl sites for hydroxylation is 1. The van der Waals surface area contributed by atoms with Crippen LogP contribution in [0.3, 0.4) is 0 Å². The van der Waals surface area contributed by atoms with Gasteiger partial charge < -0.3 is 10.6 Å². The third-order valence-corrected chi connectivity index (χ3v) is 7.04. The van der Waals surface area contributed by atoms with Gasteiger partial charge in [-0.25, -0.2) is 8.42 Å². The highest BCUT2D eigenvalue weighted by Crippen LogP contribution is 2.23. The molecule has 10 heteroatoms. The summed E-state index contributed by atoms with van der Waals surface area (Å²) >= 11 is 0. The van der Waals surface area contributed by atoms with Crippen LogP contribution >= 0.6 is 0 Å². The molecule has 29 heavy (non-hydrogen) atoms. The van der Waals surface area contributed by atoms with Crippen LogP contribution in [0, 0.1) is 6.92 Å². The molecule has 0 spiro atoms. The Morgan fingerprint density at radius 2 is 1.72 bits per heavy atom. The monoisotopic (exact) mass is 419 g/mol. The van der Waals surface area contributed by atoms with E-state index in [2.05, 4.69) is 19.9 Å². The molecule has 1 aliphatic heterocycles. The second kappa shape index (κ2) is 8.60. The third kappa shape index (κ3) is 4.82. The van der Waals surface area contributed by atoms with Crippen molar-refractivity contribution in [3.8, 4) is 0 Å². The fraction of sp³-hybridized carbons (Fsp3) is 0.526. The molecular weight excluding hydrogens is 390 g/mol. The lowest BCUT2D eigenvalue weighted by molar-refractivity contribution is 0.214. The number of anilines is 2. The van der Waals surface area contributed by atoms with Gasteiger partial charge in [-0.15, -0.1) is 0 Å². The van der Waals surface area contributed by atoms with Crippen molar-refractivity contribution in [3.05, 3.63) is 35.7 Å². The molecule has 1 fully saturated rings. The molecule has 158 valence electrons. The first-order valence-corrected chi connectivity index (χ1v) is 11.1. The van der Waals surface area contributed by atoms with E-state index >= 15 is 0 Å². The molecular formula is C19H29N7O2S. The van der Waals surface area contributed by atoms with Gasteiger partial charge in [-0.2, -0.15) is 19.3 Å². The highest BCUT2D eigenvalue weighted by molar-refractivity contribution is 7.89. The maximum Gasteiger partial charge on any atom is 0.243 e. The van der Waals surface area contributed by atoms with Crippen LogP contribution in [0.5, 0.6) is 0 Å². The van der Waals surface area contributed by atoms with Crippen LogP contribution in [0.1, 0.15) is 30.8 Å². The number of rotatable bonds is 5. The van der Waals surface area contributed by atoms with Gasteiger partial charge in [-0.05, 0) is 32.4 Å². The molecule has 1 saturated heterocycles. The molecule has 2 aromatic rings. The lowest BCUT2D eigenvalue weighted by atomic mass is 10.2. The fourth-order valence-corrected chi connectivity index (χ4v) is 4.82. The summed E-state index contributed by atoms with van der Waals surface area (Å²) in [6, 6.07) is 6.90. The molecule has 1 aromatic carbocycles. The molecule has 9 nitrogen and oxygen atoms in total. The SMILES string of the molecule is Cc1ccc(S(=O)(=O)N2CCCN(C(C)c3nc(N)nc(N(C)C)n3)CC2)cc1. The average molecular weight is 420 g/mol. The van der Waals surface area contributed by atoms with Gasteiger partial charge in [0.25, 0.3) is 0 Å². The zero-order chi connectivity index (χ0) is 21.2. The molecule has 0 amide bonds. The van der Waals surface area contributed by atoms with E-state index in [-0.39, 0.29) is 12.0 Å². The van der Waals surface area contributed by atoms with Crippen LogP contribution < -0.4 is 10.6 Å². The van der Waals surface area contributed by atoms with E-state index in [9.17, 15) is 8.42 Å². The second-order valence-corrected chi connectivity index (χ2v) is 9.47. The van der Waals surface area contributed by atoms with Crippen molar-refractivity contribution in [1.29, 1.82) is 0 Å². The highest BCUT2D eigenvalue weighted by Gasteiger charge is 2.29. The Kier molecular flexibility index (Phi) is 6.35. The lowest BCUT2D eigenvalue weighted by Gasteiger charge is -2.27. The van der Waals surface area contributed by atoms with Crippen molar-refractivity contribution in [2.45, 2.75) is 31.2 Å². The summed E-state index contributed by atoms with van der Waals surface area (Å²) in [5, 5.41) is 0.